The predicted molar refractivity (Wildman–Crippen MR) is 175 cm³/mol. The third kappa shape index (κ3) is 3.30. The minimum atomic E-state index is 0.919. The highest BCUT2D eigenvalue weighted by atomic mass is 16.3. The minimum Gasteiger partial charge on any atom is -0.456 e. The molecular formula is C40H24O. The van der Waals surface area contributed by atoms with Crippen molar-refractivity contribution in [1.82, 2.24) is 0 Å². The van der Waals surface area contributed by atoms with Crippen LogP contribution in [0, 0.1) is 0 Å². The summed E-state index contributed by atoms with van der Waals surface area (Å²) >= 11 is 0. The van der Waals surface area contributed by atoms with Gasteiger partial charge in [0.05, 0.1) is 0 Å². The molecule has 9 rings (SSSR count). The van der Waals surface area contributed by atoms with E-state index in [9.17, 15) is 0 Å². The van der Waals surface area contributed by atoms with E-state index in [-0.39, 0.29) is 0 Å². The van der Waals surface area contributed by atoms with Crippen LogP contribution in [0.4, 0.5) is 0 Å². The number of hydrogen-bond acceptors (Lipinski definition) is 1. The van der Waals surface area contributed by atoms with Crippen LogP contribution >= 0.6 is 0 Å². The average Bonchev–Trinajstić information content (AvgIpc) is 3.41. The Labute approximate surface area is 236 Å². The smallest absolute Gasteiger partial charge is 0.136 e. The van der Waals surface area contributed by atoms with Gasteiger partial charge < -0.3 is 4.42 Å². The quantitative estimate of drug-likeness (QED) is 0.163. The lowest BCUT2D eigenvalue weighted by atomic mass is 9.85. The van der Waals surface area contributed by atoms with Crippen molar-refractivity contribution in [2.45, 2.75) is 0 Å². The lowest BCUT2D eigenvalue weighted by Crippen LogP contribution is -1.91. The van der Waals surface area contributed by atoms with Gasteiger partial charge in [-0.2, -0.15) is 0 Å². The summed E-state index contributed by atoms with van der Waals surface area (Å²) in [4.78, 5) is 0. The zero-order valence-corrected chi connectivity index (χ0v) is 22.3. The van der Waals surface area contributed by atoms with Crippen molar-refractivity contribution in [3.05, 3.63) is 146 Å². The second kappa shape index (κ2) is 8.55. The van der Waals surface area contributed by atoms with E-state index in [1.165, 1.54) is 65.3 Å². The molecule has 0 aliphatic carbocycles. The molecule has 190 valence electrons. The fourth-order valence-electron chi connectivity index (χ4n) is 6.80. The molecule has 0 bridgehead atoms. The van der Waals surface area contributed by atoms with Crippen LogP contribution in [0.3, 0.4) is 0 Å². The van der Waals surface area contributed by atoms with Gasteiger partial charge in [-0.3, -0.25) is 0 Å². The van der Waals surface area contributed by atoms with E-state index >= 15 is 0 Å². The Morgan fingerprint density at radius 3 is 1.44 bits per heavy atom. The first-order valence-corrected chi connectivity index (χ1v) is 14.1. The summed E-state index contributed by atoms with van der Waals surface area (Å²) in [6.07, 6.45) is 0. The standard InChI is InChI=1S/C40H24O/c1-2-10-29-25(9-1)17-18-26-23-27(19-21-30(26)29)39-33-12-3-5-14-35(33)40(36-15-6-4-13-34(36)39)28-20-22-32-31-11-7-8-16-37(31)41-38(32)24-28/h1-24H. The zero-order chi connectivity index (χ0) is 26.9. The number of benzene rings is 8. The van der Waals surface area contributed by atoms with E-state index in [0.717, 1.165) is 21.9 Å². The number of furan rings is 1. The summed E-state index contributed by atoms with van der Waals surface area (Å²) in [6, 6.07) is 52.7. The van der Waals surface area contributed by atoms with Crippen molar-refractivity contribution in [3.63, 3.8) is 0 Å². The maximum atomic E-state index is 6.30. The van der Waals surface area contributed by atoms with Gasteiger partial charge in [0.2, 0.25) is 0 Å². The van der Waals surface area contributed by atoms with Crippen LogP contribution in [0.15, 0.2) is 150 Å². The van der Waals surface area contributed by atoms with E-state index in [0.29, 0.717) is 0 Å². The minimum absolute atomic E-state index is 0.919. The highest BCUT2D eigenvalue weighted by Gasteiger charge is 2.18. The molecule has 0 spiro atoms. The Hall–Kier alpha value is -5.40. The number of hydrogen-bond donors (Lipinski definition) is 0. The van der Waals surface area contributed by atoms with Gasteiger partial charge in [-0.1, -0.05) is 121 Å². The van der Waals surface area contributed by atoms with Crippen molar-refractivity contribution in [3.8, 4) is 22.3 Å². The molecule has 0 aliphatic rings. The molecule has 0 N–H and O–H groups in total. The summed E-state index contributed by atoms with van der Waals surface area (Å²) in [5, 5.41) is 12.4. The number of para-hydroxylation sites is 1. The molecule has 41 heavy (non-hydrogen) atoms. The molecule has 0 amide bonds. The van der Waals surface area contributed by atoms with Crippen LogP contribution < -0.4 is 0 Å². The van der Waals surface area contributed by atoms with Gasteiger partial charge in [0, 0.05) is 10.8 Å². The van der Waals surface area contributed by atoms with Crippen LogP contribution in [-0.4, -0.2) is 0 Å². The molecular weight excluding hydrogens is 496 g/mol. The molecule has 0 radical (unpaired) electrons. The molecule has 9 aromatic rings. The Kier molecular flexibility index (Phi) is 4.67. The molecule has 1 heterocycles. The van der Waals surface area contributed by atoms with Crippen LogP contribution in [0.5, 0.6) is 0 Å². The molecule has 1 aromatic heterocycles. The van der Waals surface area contributed by atoms with Gasteiger partial charge in [0.1, 0.15) is 11.2 Å². The molecule has 8 aromatic carbocycles. The molecule has 1 nitrogen and oxygen atoms in total. The number of fused-ring (bicyclic) bond motifs is 8. The lowest BCUT2D eigenvalue weighted by molar-refractivity contribution is 0.669. The van der Waals surface area contributed by atoms with Crippen molar-refractivity contribution >= 4 is 65.0 Å². The first-order chi connectivity index (χ1) is 20.3. The van der Waals surface area contributed by atoms with Crippen LogP contribution in [0.2, 0.25) is 0 Å². The van der Waals surface area contributed by atoms with E-state index in [4.69, 9.17) is 4.42 Å². The van der Waals surface area contributed by atoms with Gasteiger partial charge in [-0.15, -0.1) is 0 Å². The summed E-state index contributed by atoms with van der Waals surface area (Å²) in [6.45, 7) is 0. The molecule has 0 aliphatic heterocycles. The van der Waals surface area contributed by atoms with Crippen molar-refractivity contribution < 1.29 is 4.42 Å². The first-order valence-electron chi connectivity index (χ1n) is 14.1. The van der Waals surface area contributed by atoms with Crippen LogP contribution in [0.25, 0.3) is 87.3 Å². The SMILES string of the molecule is c1ccc2c(c1)ccc1cc(-c3c4ccccc4c(-c4ccc5c(c4)oc4ccccc45)c4ccccc34)ccc12. The van der Waals surface area contributed by atoms with Gasteiger partial charge in [0.25, 0.3) is 0 Å². The summed E-state index contributed by atoms with van der Waals surface area (Å²) in [5.74, 6) is 0. The van der Waals surface area contributed by atoms with Crippen LogP contribution in [-0.2, 0) is 0 Å². The highest BCUT2D eigenvalue weighted by molar-refractivity contribution is 6.22. The molecule has 0 fully saturated rings. The summed E-state index contributed by atoms with van der Waals surface area (Å²) in [7, 11) is 0. The Morgan fingerprint density at radius 2 is 0.756 bits per heavy atom. The largest absolute Gasteiger partial charge is 0.456 e. The monoisotopic (exact) mass is 520 g/mol. The molecule has 1 heteroatoms. The first kappa shape index (κ1) is 22.4. The predicted octanol–water partition coefficient (Wildman–Crippen LogP) is 11.5. The van der Waals surface area contributed by atoms with Gasteiger partial charge in [-0.25, -0.2) is 0 Å². The second-order valence-corrected chi connectivity index (χ2v) is 10.9. The van der Waals surface area contributed by atoms with Crippen LogP contribution in [0.1, 0.15) is 0 Å². The van der Waals surface area contributed by atoms with Gasteiger partial charge in [0.15, 0.2) is 0 Å². The fourth-order valence-corrected chi connectivity index (χ4v) is 6.80. The van der Waals surface area contributed by atoms with Gasteiger partial charge >= 0.3 is 0 Å². The summed E-state index contributed by atoms with van der Waals surface area (Å²) in [5.41, 5.74) is 6.77. The van der Waals surface area contributed by atoms with Gasteiger partial charge in [-0.05, 0) is 89.6 Å². The summed E-state index contributed by atoms with van der Waals surface area (Å²) < 4.78 is 6.30. The third-order valence-electron chi connectivity index (χ3n) is 8.63. The molecule has 0 unspecified atom stereocenters. The lowest BCUT2D eigenvalue weighted by Gasteiger charge is -2.18. The molecule has 0 saturated heterocycles. The Balaban J connectivity index is 1.34. The second-order valence-electron chi connectivity index (χ2n) is 10.9. The average molecular weight is 521 g/mol. The van der Waals surface area contributed by atoms with Crippen molar-refractivity contribution in [2.75, 3.05) is 0 Å². The van der Waals surface area contributed by atoms with Crippen molar-refractivity contribution in [2.24, 2.45) is 0 Å². The maximum Gasteiger partial charge on any atom is 0.136 e. The third-order valence-corrected chi connectivity index (χ3v) is 8.63. The zero-order valence-electron chi connectivity index (χ0n) is 22.3. The highest BCUT2D eigenvalue weighted by Crippen LogP contribution is 2.45. The fraction of sp³-hybridized carbons (Fsp3) is 0. The molecule has 0 saturated carbocycles. The Bertz CT molecular complexity index is 2420. The Morgan fingerprint density at radius 1 is 0.293 bits per heavy atom. The number of rotatable bonds is 2. The van der Waals surface area contributed by atoms with E-state index in [2.05, 4.69) is 133 Å². The molecule has 0 atom stereocenters. The topological polar surface area (TPSA) is 13.1 Å². The van der Waals surface area contributed by atoms with E-state index in [1.807, 2.05) is 12.1 Å². The van der Waals surface area contributed by atoms with E-state index in [1.54, 1.807) is 0 Å². The van der Waals surface area contributed by atoms with E-state index < -0.39 is 0 Å². The van der Waals surface area contributed by atoms with Crippen molar-refractivity contribution in [1.29, 1.82) is 0 Å². The maximum absolute atomic E-state index is 6.30. The normalized spacial score (nSPS) is 11.9.